The van der Waals surface area contributed by atoms with E-state index in [0.29, 0.717) is 5.95 Å². The van der Waals surface area contributed by atoms with Gasteiger partial charge in [-0.15, -0.1) is 11.3 Å². The van der Waals surface area contributed by atoms with Gasteiger partial charge < -0.3 is 10.6 Å². The van der Waals surface area contributed by atoms with Crippen LogP contribution in [-0.4, -0.2) is 31.7 Å². The predicted octanol–water partition coefficient (Wildman–Crippen LogP) is 2.80. The summed E-state index contributed by atoms with van der Waals surface area (Å²) in [6, 6.07) is 0.0806. The van der Waals surface area contributed by atoms with Crippen molar-refractivity contribution in [2.45, 2.75) is 26.3 Å². The molecule has 3 rings (SSSR count). The zero-order chi connectivity index (χ0) is 14.7. The number of thiazole rings is 1. The second kappa shape index (κ2) is 6.04. The average molecular weight is 303 g/mol. The zero-order valence-corrected chi connectivity index (χ0v) is 12.7. The Morgan fingerprint density at radius 2 is 2.29 bits per heavy atom. The molecule has 0 radical (unpaired) electrons. The SMILES string of the molecule is CCCNc1nc(NC(C)c2nccs2)c2cn[nH]c2n1. The van der Waals surface area contributed by atoms with Crippen molar-refractivity contribution in [3.8, 4) is 0 Å². The molecule has 1 unspecified atom stereocenters. The molecular weight excluding hydrogens is 286 g/mol. The van der Waals surface area contributed by atoms with Gasteiger partial charge >= 0.3 is 0 Å². The first-order valence-corrected chi connectivity index (χ1v) is 7.76. The van der Waals surface area contributed by atoms with Crippen molar-refractivity contribution in [1.29, 1.82) is 0 Å². The lowest BCUT2D eigenvalue weighted by molar-refractivity contribution is 0.861. The highest BCUT2D eigenvalue weighted by Gasteiger charge is 2.14. The Morgan fingerprint density at radius 1 is 1.38 bits per heavy atom. The molecule has 3 aromatic heterocycles. The number of nitrogens with zero attached hydrogens (tertiary/aromatic N) is 4. The minimum Gasteiger partial charge on any atom is -0.360 e. The number of aromatic amines is 1. The Labute approximate surface area is 126 Å². The van der Waals surface area contributed by atoms with Crippen LogP contribution in [0.5, 0.6) is 0 Å². The van der Waals surface area contributed by atoms with Gasteiger partial charge in [0.05, 0.1) is 17.6 Å². The van der Waals surface area contributed by atoms with Crippen LogP contribution in [0.3, 0.4) is 0 Å². The lowest BCUT2D eigenvalue weighted by atomic mass is 10.3. The summed E-state index contributed by atoms with van der Waals surface area (Å²) in [6.07, 6.45) is 4.55. The summed E-state index contributed by atoms with van der Waals surface area (Å²) in [6.45, 7) is 5.00. The summed E-state index contributed by atoms with van der Waals surface area (Å²) in [5.41, 5.74) is 0.720. The molecule has 3 N–H and O–H groups in total. The van der Waals surface area contributed by atoms with Crippen molar-refractivity contribution in [3.63, 3.8) is 0 Å². The summed E-state index contributed by atoms with van der Waals surface area (Å²) in [7, 11) is 0. The summed E-state index contributed by atoms with van der Waals surface area (Å²) in [5.74, 6) is 1.36. The molecule has 8 heteroatoms. The molecule has 0 bridgehead atoms. The van der Waals surface area contributed by atoms with Crippen molar-refractivity contribution in [1.82, 2.24) is 25.1 Å². The monoisotopic (exact) mass is 303 g/mol. The van der Waals surface area contributed by atoms with Gasteiger partial charge in [0.1, 0.15) is 10.8 Å². The molecule has 3 aromatic rings. The Balaban J connectivity index is 1.90. The van der Waals surface area contributed by atoms with Crippen LogP contribution >= 0.6 is 11.3 Å². The van der Waals surface area contributed by atoms with Crippen molar-refractivity contribution >= 4 is 34.1 Å². The smallest absolute Gasteiger partial charge is 0.226 e. The number of rotatable bonds is 6. The van der Waals surface area contributed by atoms with Crippen LogP contribution in [0.15, 0.2) is 17.8 Å². The van der Waals surface area contributed by atoms with Crippen LogP contribution in [-0.2, 0) is 0 Å². The highest BCUT2D eigenvalue weighted by molar-refractivity contribution is 7.09. The zero-order valence-electron chi connectivity index (χ0n) is 11.9. The number of fused-ring (bicyclic) bond motifs is 1. The maximum atomic E-state index is 4.54. The minimum atomic E-state index is 0.0806. The van der Waals surface area contributed by atoms with Gasteiger partial charge in [0.15, 0.2) is 5.65 Å². The molecule has 1 atom stereocenters. The molecule has 110 valence electrons. The van der Waals surface area contributed by atoms with Crippen LogP contribution in [0.1, 0.15) is 31.3 Å². The van der Waals surface area contributed by atoms with Crippen molar-refractivity contribution in [3.05, 3.63) is 22.8 Å². The van der Waals surface area contributed by atoms with E-state index in [9.17, 15) is 0 Å². The third-order valence-corrected chi connectivity index (χ3v) is 3.98. The number of aromatic nitrogens is 5. The summed E-state index contributed by atoms with van der Waals surface area (Å²) in [4.78, 5) is 13.3. The van der Waals surface area contributed by atoms with E-state index in [4.69, 9.17) is 0 Å². The van der Waals surface area contributed by atoms with Crippen LogP contribution in [0.2, 0.25) is 0 Å². The molecular formula is C13H17N7S. The van der Waals surface area contributed by atoms with E-state index < -0.39 is 0 Å². The Hall–Kier alpha value is -2.22. The summed E-state index contributed by atoms with van der Waals surface area (Å²) < 4.78 is 0. The molecule has 7 nitrogen and oxygen atoms in total. The van der Waals surface area contributed by atoms with E-state index >= 15 is 0 Å². The Bertz CT molecular complexity index is 706. The van der Waals surface area contributed by atoms with E-state index in [1.165, 1.54) is 0 Å². The quantitative estimate of drug-likeness (QED) is 0.648. The molecule has 0 aromatic carbocycles. The standard InChI is InChI=1S/C13H17N7S/c1-3-4-15-13-18-10(9-7-16-20-11(9)19-13)17-8(2)12-14-5-6-21-12/h5-8H,3-4H2,1-2H3,(H3,15,16,17,18,19,20). The summed E-state index contributed by atoms with van der Waals surface area (Å²) >= 11 is 1.62. The highest BCUT2D eigenvalue weighted by atomic mass is 32.1. The first kappa shape index (κ1) is 13.7. The fourth-order valence-corrected chi connectivity index (χ4v) is 2.62. The van der Waals surface area contributed by atoms with Gasteiger partial charge in [-0.2, -0.15) is 15.1 Å². The fourth-order valence-electron chi connectivity index (χ4n) is 1.98. The maximum absolute atomic E-state index is 4.54. The number of anilines is 2. The van der Waals surface area contributed by atoms with E-state index in [-0.39, 0.29) is 6.04 Å². The molecule has 0 saturated heterocycles. The van der Waals surface area contributed by atoms with E-state index in [2.05, 4.69) is 49.6 Å². The molecule has 0 aliphatic carbocycles. The molecule has 0 aliphatic rings. The third-order valence-electron chi connectivity index (χ3n) is 3.02. The van der Waals surface area contributed by atoms with Gasteiger partial charge in [0.2, 0.25) is 5.95 Å². The first-order chi connectivity index (χ1) is 10.3. The summed E-state index contributed by atoms with van der Waals surface area (Å²) in [5, 5.41) is 17.4. The molecule has 21 heavy (non-hydrogen) atoms. The van der Waals surface area contributed by atoms with Gasteiger partial charge in [-0.1, -0.05) is 6.92 Å². The first-order valence-electron chi connectivity index (χ1n) is 6.89. The average Bonchev–Trinajstić information content (AvgIpc) is 3.15. The largest absolute Gasteiger partial charge is 0.360 e. The molecule has 3 heterocycles. The number of H-pyrrole nitrogens is 1. The second-order valence-electron chi connectivity index (χ2n) is 4.69. The van der Waals surface area contributed by atoms with Gasteiger partial charge in [-0.05, 0) is 13.3 Å². The molecule has 0 aliphatic heterocycles. The van der Waals surface area contributed by atoms with Gasteiger partial charge in [0, 0.05) is 18.1 Å². The van der Waals surface area contributed by atoms with Crippen LogP contribution in [0, 0.1) is 0 Å². The number of nitrogens with one attached hydrogen (secondary N) is 3. The molecule has 0 spiro atoms. The van der Waals surface area contributed by atoms with Crippen molar-refractivity contribution < 1.29 is 0 Å². The lowest BCUT2D eigenvalue weighted by Gasteiger charge is -2.13. The number of hydrogen-bond donors (Lipinski definition) is 3. The van der Waals surface area contributed by atoms with Crippen molar-refractivity contribution in [2.24, 2.45) is 0 Å². The van der Waals surface area contributed by atoms with Crippen LogP contribution in [0.25, 0.3) is 11.0 Å². The topological polar surface area (TPSA) is 91.4 Å². The fraction of sp³-hybridized carbons (Fsp3) is 0.385. The van der Waals surface area contributed by atoms with E-state index in [1.807, 2.05) is 5.38 Å². The third kappa shape index (κ3) is 2.94. The van der Waals surface area contributed by atoms with Gasteiger partial charge in [-0.3, -0.25) is 5.10 Å². The van der Waals surface area contributed by atoms with Gasteiger partial charge in [-0.25, -0.2) is 4.98 Å². The molecule has 0 fully saturated rings. The van der Waals surface area contributed by atoms with Crippen molar-refractivity contribution in [2.75, 3.05) is 17.2 Å². The van der Waals surface area contributed by atoms with Crippen LogP contribution < -0.4 is 10.6 Å². The number of hydrogen-bond acceptors (Lipinski definition) is 7. The van der Waals surface area contributed by atoms with Gasteiger partial charge in [0.25, 0.3) is 0 Å². The second-order valence-corrected chi connectivity index (χ2v) is 5.62. The van der Waals surface area contributed by atoms with Crippen LogP contribution in [0.4, 0.5) is 11.8 Å². The normalized spacial score (nSPS) is 12.5. The maximum Gasteiger partial charge on any atom is 0.226 e. The Kier molecular flexibility index (Phi) is 3.96. The predicted molar refractivity (Wildman–Crippen MR) is 84.6 cm³/mol. The Morgan fingerprint density at radius 3 is 3.05 bits per heavy atom. The molecule has 0 amide bonds. The van der Waals surface area contributed by atoms with E-state index in [1.54, 1.807) is 23.7 Å². The molecule has 0 saturated carbocycles. The highest BCUT2D eigenvalue weighted by Crippen LogP contribution is 2.25. The van der Waals surface area contributed by atoms with E-state index in [0.717, 1.165) is 34.8 Å². The lowest BCUT2D eigenvalue weighted by Crippen LogP contribution is -2.11. The minimum absolute atomic E-state index is 0.0806.